The lowest BCUT2D eigenvalue weighted by atomic mass is 10.1. The van der Waals surface area contributed by atoms with Crippen LogP contribution in [-0.4, -0.2) is 22.2 Å². The minimum atomic E-state index is 0.325. The molecule has 0 saturated heterocycles. The van der Waals surface area contributed by atoms with Gasteiger partial charge >= 0.3 is 0 Å². The van der Waals surface area contributed by atoms with Crippen LogP contribution in [0.2, 0.25) is 0 Å². The van der Waals surface area contributed by atoms with Crippen LogP contribution in [0.5, 0.6) is 5.75 Å². The van der Waals surface area contributed by atoms with E-state index in [0.717, 1.165) is 11.3 Å². The van der Waals surface area contributed by atoms with Crippen LogP contribution < -0.4 is 10.5 Å². The quantitative estimate of drug-likeness (QED) is 0.790. The Morgan fingerprint density at radius 3 is 2.95 bits per heavy atom. The van der Waals surface area contributed by atoms with Gasteiger partial charge in [-0.05, 0) is 29.8 Å². The first kappa shape index (κ1) is 13.1. The van der Waals surface area contributed by atoms with Gasteiger partial charge in [0.1, 0.15) is 5.75 Å². The van der Waals surface area contributed by atoms with Gasteiger partial charge in [-0.2, -0.15) is 4.98 Å². The highest BCUT2D eigenvalue weighted by molar-refractivity contribution is 5.65. The van der Waals surface area contributed by atoms with Crippen LogP contribution in [0.25, 0.3) is 11.6 Å². The van der Waals surface area contributed by atoms with Crippen molar-refractivity contribution in [3.63, 3.8) is 0 Å². The zero-order valence-electron chi connectivity index (χ0n) is 11.5. The highest BCUT2D eigenvalue weighted by atomic mass is 16.5. The average Bonchev–Trinajstić information content (AvgIpc) is 2.96. The van der Waals surface area contributed by atoms with E-state index in [0.29, 0.717) is 29.5 Å². The number of nitrogens with two attached hydrogens (primary N) is 1. The molecule has 2 aromatic heterocycles. The summed E-state index contributed by atoms with van der Waals surface area (Å²) in [5.74, 6) is 1.69. The molecule has 0 fully saturated rings. The smallest absolute Gasteiger partial charge is 0.278 e. The lowest BCUT2D eigenvalue weighted by Crippen LogP contribution is -1.94. The van der Waals surface area contributed by atoms with Gasteiger partial charge in [-0.25, -0.2) is 4.98 Å². The number of anilines is 1. The molecular formula is C15H14N4O2. The van der Waals surface area contributed by atoms with Crippen molar-refractivity contribution in [3.05, 3.63) is 54.0 Å². The first-order valence-corrected chi connectivity index (χ1v) is 6.42. The van der Waals surface area contributed by atoms with E-state index in [2.05, 4.69) is 15.1 Å². The van der Waals surface area contributed by atoms with Gasteiger partial charge in [0.05, 0.1) is 12.8 Å². The van der Waals surface area contributed by atoms with Crippen LogP contribution in [0.15, 0.2) is 47.1 Å². The van der Waals surface area contributed by atoms with Crippen molar-refractivity contribution in [2.45, 2.75) is 6.42 Å². The average molecular weight is 282 g/mol. The number of hydrogen-bond donors (Lipinski definition) is 1. The standard InChI is InChI=1S/C15H14N4O2/c1-20-11-5-2-4-10(8-11)9-13-18-15(21-19-13)14-12(16)6-3-7-17-14/h2-8H,9,16H2,1H3. The Kier molecular flexibility index (Phi) is 3.51. The van der Waals surface area contributed by atoms with Crippen molar-refractivity contribution in [3.8, 4) is 17.3 Å². The summed E-state index contributed by atoms with van der Waals surface area (Å²) in [5, 5.41) is 3.96. The Morgan fingerprint density at radius 1 is 1.24 bits per heavy atom. The van der Waals surface area contributed by atoms with E-state index in [1.54, 1.807) is 25.4 Å². The fourth-order valence-corrected chi connectivity index (χ4v) is 1.98. The summed E-state index contributed by atoms with van der Waals surface area (Å²) in [7, 11) is 1.63. The summed E-state index contributed by atoms with van der Waals surface area (Å²) in [6.45, 7) is 0. The number of methoxy groups -OCH3 is 1. The molecule has 0 aliphatic rings. The summed E-state index contributed by atoms with van der Waals surface area (Å²) in [5.41, 5.74) is 7.89. The maximum atomic E-state index is 5.85. The lowest BCUT2D eigenvalue weighted by molar-refractivity contribution is 0.414. The van der Waals surface area contributed by atoms with Crippen molar-refractivity contribution in [1.29, 1.82) is 0 Å². The fraction of sp³-hybridized carbons (Fsp3) is 0.133. The minimum absolute atomic E-state index is 0.325. The summed E-state index contributed by atoms with van der Waals surface area (Å²) in [4.78, 5) is 8.49. The second-order valence-corrected chi connectivity index (χ2v) is 4.49. The van der Waals surface area contributed by atoms with Gasteiger partial charge in [0.15, 0.2) is 11.5 Å². The van der Waals surface area contributed by atoms with Gasteiger partial charge in [0.25, 0.3) is 5.89 Å². The van der Waals surface area contributed by atoms with Crippen molar-refractivity contribution in [2.75, 3.05) is 12.8 Å². The number of aromatic nitrogens is 3. The highest BCUT2D eigenvalue weighted by Crippen LogP contribution is 2.22. The number of pyridine rings is 1. The van der Waals surface area contributed by atoms with E-state index >= 15 is 0 Å². The Labute approximate surface area is 121 Å². The number of ether oxygens (including phenoxy) is 1. The lowest BCUT2D eigenvalue weighted by Gasteiger charge is -2.01. The van der Waals surface area contributed by atoms with Crippen molar-refractivity contribution >= 4 is 5.69 Å². The Hall–Kier alpha value is -2.89. The van der Waals surface area contributed by atoms with E-state index in [4.69, 9.17) is 15.0 Å². The zero-order valence-corrected chi connectivity index (χ0v) is 11.5. The van der Waals surface area contributed by atoms with Gasteiger partial charge < -0.3 is 15.0 Å². The summed E-state index contributed by atoms with van der Waals surface area (Å²) >= 11 is 0. The van der Waals surface area contributed by atoms with Crippen LogP contribution in [0.3, 0.4) is 0 Å². The van der Waals surface area contributed by atoms with Crippen LogP contribution in [0.4, 0.5) is 5.69 Å². The number of rotatable bonds is 4. The molecule has 0 unspecified atom stereocenters. The van der Waals surface area contributed by atoms with Crippen molar-refractivity contribution in [1.82, 2.24) is 15.1 Å². The van der Waals surface area contributed by atoms with E-state index in [1.807, 2.05) is 24.3 Å². The predicted octanol–water partition coefficient (Wildman–Crippen LogP) is 2.31. The van der Waals surface area contributed by atoms with Crippen LogP contribution in [-0.2, 0) is 6.42 Å². The predicted molar refractivity (Wildman–Crippen MR) is 77.7 cm³/mol. The molecule has 0 atom stereocenters. The molecule has 1 aromatic carbocycles. The second kappa shape index (κ2) is 5.62. The van der Waals surface area contributed by atoms with Gasteiger partial charge in [-0.3, -0.25) is 0 Å². The monoisotopic (exact) mass is 282 g/mol. The van der Waals surface area contributed by atoms with E-state index in [-0.39, 0.29) is 0 Å². The van der Waals surface area contributed by atoms with E-state index < -0.39 is 0 Å². The zero-order chi connectivity index (χ0) is 14.7. The molecule has 0 amide bonds. The van der Waals surface area contributed by atoms with E-state index in [1.165, 1.54) is 0 Å². The molecule has 106 valence electrons. The third-order valence-electron chi connectivity index (χ3n) is 3.01. The Morgan fingerprint density at radius 2 is 2.14 bits per heavy atom. The molecule has 21 heavy (non-hydrogen) atoms. The van der Waals surface area contributed by atoms with Crippen LogP contribution >= 0.6 is 0 Å². The third-order valence-corrected chi connectivity index (χ3v) is 3.01. The summed E-state index contributed by atoms with van der Waals surface area (Å²) in [6.07, 6.45) is 2.19. The van der Waals surface area contributed by atoms with Crippen LogP contribution in [0, 0.1) is 0 Å². The second-order valence-electron chi connectivity index (χ2n) is 4.49. The molecule has 3 aromatic rings. The molecule has 0 aliphatic heterocycles. The van der Waals surface area contributed by atoms with Crippen molar-refractivity contribution in [2.24, 2.45) is 0 Å². The van der Waals surface area contributed by atoms with Crippen LogP contribution in [0.1, 0.15) is 11.4 Å². The van der Waals surface area contributed by atoms with Gasteiger partial charge in [-0.1, -0.05) is 17.3 Å². The van der Waals surface area contributed by atoms with E-state index in [9.17, 15) is 0 Å². The van der Waals surface area contributed by atoms with Crippen molar-refractivity contribution < 1.29 is 9.26 Å². The highest BCUT2D eigenvalue weighted by Gasteiger charge is 2.13. The maximum Gasteiger partial charge on any atom is 0.278 e. The molecule has 6 nitrogen and oxygen atoms in total. The number of nitrogen functional groups attached to an aromatic ring is 1. The molecule has 0 saturated carbocycles. The normalized spacial score (nSPS) is 10.5. The number of nitrogens with zero attached hydrogens (tertiary/aromatic N) is 3. The van der Waals surface area contributed by atoms with Gasteiger partial charge in [0.2, 0.25) is 0 Å². The van der Waals surface area contributed by atoms with Gasteiger partial charge in [-0.15, -0.1) is 0 Å². The summed E-state index contributed by atoms with van der Waals surface area (Å²) in [6, 6.07) is 11.2. The van der Waals surface area contributed by atoms with Gasteiger partial charge in [0, 0.05) is 12.6 Å². The first-order chi connectivity index (χ1) is 10.3. The number of benzene rings is 1. The maximum absolute atomic E-state index is 5.85. The SMILES string of the molecule is COc1cccc(Cc2noc(-c3ncccc3N)n2)c1. The minimum Gasteiger partial charge on any atom is -0.497 e. The molecule has 0 aliphatic carbocycles. The molecule has 0 bridgehead atoms. The summed E-state index contributed by atoms with van der Waals surface area (Å²) < 4.78 is 10.4. The molecule has 2 heterocycles. The topological polar surface area (TPSA) is 87.1 Å². The largest absolute Gasteiger partial charge is 0.497 e. The molecule has 3 rings (SSSR count). The molecule has 6 heteroatoms. The third kappa shape index (κ3) is 2.84. The Bertz CT molecular complexity index is 755. The fourth-order valence-electron chi connectivity index (χ4n) is 1.98. The molecule has 2 N–H and O–H groups in total. The first-order valence-electron chi connectivity index (χ1n) is 6.42. The Balaban J connectivity index is 1.84. The molecule has 0 radical (unpaired) electrons. The number of hydrogen-bond acceptors (Lipinski definition) is 6. The molecule has 0 spiro atoms. The molecular weight excluding hydrogens is 268 g/mol.